The number of ether oxygens (including phenoxy) is 2. The number of hydrogen-bond donors (Lipinski definition) is 0. The van der Waals surface area contributed by atoms with E-state index in [0.717, 1.165) is 29.5 Å². The van der Waals surface area contributed by atoms with Crippen LogP contribution in [0.4, 0.5) is 0 Å². The molecule has 1 aromatic heterocycles. The van der Waals surface area contributed by atoms with E-state index in [1.165, 1.54) is 4.31 Å². The number of aromatic nitrogens is 2. The second-order valence-corrected chi connectivity index (χ2v) is 9.91. The number of methoxy groups -OCH3 is 2. The van der Waals surface area contributed by atoms with Crippen LogP contribution >= 0.6 is 0 Å². The van der Waals surface area contributed by atoms with Gasteiger partial charge in [0.15, 0.2) is 11.5 Å². The van der Waals surface area contributed by atoms with Gasteiger partial charge in [0, 0.05) is 18.7 Å². The van der Waals surface area contributed by atoms with Crippen LogP contribution in [0.25, 0.3) is 11.4 Å². The molecular formula is C23H27N3O5S. The highest BCUT2D eigenvalue weighted by Crippen LogP contribution is 2.34. The van der Waals surface area contributed by atoms with E-state index in [2.05, 4.69) is 10.1 Å². The zero-order valence-corrected chi connectivity index (χ0v) is 19.5. The summed E-state index contributed by atoms with van der Waals surface area (Å²) in [6, 6.07) is 10.6. The van der Waals surface area contributed by atoms with Gasteiger partial charge < -0.3 is 14.0 Å². The highest BCUT2D eigenvalue weighted by Gasteiger charge is 2.33. The standard InChI is InChI=1S/C23H27N3O5S/c1-15-7-9-19(12-16(15)2)32(27,28)26-11-5-6-18(14-26)23-24-22(25-31-23)17-8-10-20(29-3)21(13-17)30-4/h7-10,12-13,18H,5-6,11,14H2,1-4H3/t18-/m0/s1. The summed E-state index contributed by atoms with van der Waals surface area (Å²) in [6.45, 7) is 4.67. The van der Waals surface area contributed by atoms with Crippen molar-refractivity contribution >= 4 is 10.0 Å². The number of sulfonamides is 1. The van der Waals surface area contributed by atoms with Crippen molar-refractivity contribution in [1.29, 1.82) is 0 Å². The van der Waals surface area contributed by atoms with Crippen molar-refractivity contribution in [1.82, 2.24) is 14.4 Å². The van der Waals surface area contributed by atoms with Gasteiger partial charge in [-0.3, -0.25) is 0 Å². The largest absolute Gasteiger partial charge is 0.493 e. The van der Waals surface area contributed by atoms with Crippen LogP contribution in [0.3, 0.4) is 0 Å². The Balaban J connectivity index is 1.56. The highest BCUT2D eigenvalue weighted by atomic mass is 32.2. The van der Waals surface area contributed by atoms with E-state index in [1.807, 2.05) is 26.0 Å². The Morgan fingerprint density at radius 3 is 2.53 bits per heavy atom. The molecule has 9 heteroatoms. The summed E-state index contributed by atoms with van der Waals surface area (Å²) >= 11 is 0. The molecule has 0 unspecified atom stereocenters. The van der Waals surface area contributed by atoms with Gasteiger partial charge in [-0.1, -0.05) is 11.2 Å². The Kier molecular flexibility index (Phi) is 6.21. The van der Waals surface area contributed by atoms with Gasteiger partial charge in [0.25, 0.3) is 0 Å². The van der Waals surface area contributed by atoms with Crippen molar-refractivity contribution in [3.05, 3.63) is 53.4 Å². The van der Waals surface area contributed by atoms with Crippen LogP contribution in [0.1, 0.15) is 35.8 Å². The van der Waals surface area contributed by atoms with Crippen LogP contribution < -0.4 is 9.47 Å². The zero-order chi connectivity index (χ0) is 22.9. The molecule has 4 rings (SSSR count). The second kappa shape index (κ2) is 8.91. The summed E-state index contributed by atoms with van der Waals surface area (Å²) in [4.78, 5) is 4.87. The van der Waals surface area contributed by atoms with Crippen molar-refractivity contribution in [2.75, 3.05) is 27.3 Å². The topological polar surface area (TPSA) is 94.8 Å². The van der Waals surface area contributed by atoms with E-state index in [4.69, 9.17) is 14.0 Å². The normalized spacial score (nSPS) is 17.3. The first-order valence-corrected chi connectivity index (χ1v) is 11.9. The predicted octanol–water partition coefficient (Wildman–Crippen LogP) is 3.94. The lowest BCUT2D eigenvalue weighted by molar-refractivity contribution is 0.265. The Bertz CT molecular complexity index is 1220. The first-order valence-electron chi connectivity index (χ1n) is 10.5. The predicted molar refractivity (Wildman–Crippen MR) is 119 cm³/mol. The Labute approximate surface area is 188 Å². The lowest BCUT2D eigenvalue weighted by Crippen LogP contribution is -2.39. The van der Waals surface area contributed by atoms with E-state index >= 15 is 0 Å². The van der Waals surface area contributed by atoms with Gasteiger partial charge in [0.1, 0.15) is 0 Å². The Hall–Kier alpha value is -2.91. The molecule has 0 aliphatic carbocycles. The summed E-state index contributed by atoms with van der Waals surface area (Å²) in [5.74, 6) is 1.88. The van der Waals surface area contributed by atoms with Gasteiger partial charge in [-0.15, -0.1) is 0 Å². The monoisotopic (exact) mass is 457 g/mol. The molecule has 170 valence electrons. The summed E-state index contributed by atoms with van der Waals surface area (Å²) in [7, 11) is -0.452. The van der Waals surface area contributed by atoms with E-state index in [9.17, 15) is 8.42 Å². The summed E-state index contributed by atoms with van der Waals surface area (Å²) in [5.41, 5.74) is 2.75. The Morgan fingerprint density at radius 1 is 1.03 bits per heavy atom. The van der Waals surface area contributed by atoms with Gasteiger partial charge in [0.2, 0.25) is 21.7 Å². The number of hydrogen-bond acceptors (Lipinski definition) is 7. The quantitative estimate of drug-likeness (QED) is 0.553. The maximum atomic E-state index is 13.2. The fourth-order valence-electron chi connectivity index (χ4n) is 3.88. The first-order chi connectivity index (χ1) is 15.3. The lowest BCUT2D eigenvalue weighted by atomic mass is 10.00. The molecule has 1 saturated heterocycles. The van der Waals surface area contributed by atoms with Crippen LogP contribution in [0.15, 0.2) is 45.8 Å². The molecule has 0 radical (unpaired) electrons. The van der Waals surface area contributed by atoms with Crippen molar-refractivity contribution in [2.45, 2.75) is 37.5 Å². The van der Waals surface area contributed by atoms with Gasteiger partial charge in [-0.25, -0.2) is 8.42 Å². The number of aryl methyl sites for hydroxylation is 2. The van der Waals surface area contributed by atoms with Gasteiger partial charge in [0.05, 0.1) is 25.0 Å². The lowest BCUT2D eigenvalue weighted by Gasteiger charge is -2.30. The number of benzene rings is 2. The minimum absolute atomic E-state index is 0.161. The molecule has 1 fully saturated rings. The molecule has 0 amide bonds. The fraction of sp³-hybridized carbons (Fsp3) is 0.391. The summed E-state index contributed by atoms with van der Waals surface area (Å²) in [6.07, 6.45) is 1.51. The summed E-state index contributed by atoms with van der Waals surface area (Å²) < 4.78 is 44.1. The van der Waals surface area contributed by atoms with Crippen molar-refractivity contribution in [2.24, 2.45) is 0 Å². The minimum atomic E-state index is -3.59. The molecule has 0 spiro atoms. The van der Waals surface area contributed by atoms with Crippen molar-refractivity contribution in [3.8, 4) is 22.9 Å². The molecule has 0 bridgehead atoms. The minimum Gasteiger partial charge on any atom is -0.493 e. The molecule has 3 aromatic rings. The van der Waals surface area contributed by atoms with Crippen molar-refractivity contribution in [3.63, 3.8) is 0 Å². The molecule has 2 aromatic carbocycles. The van der Waals surface area contributed by atoms with Gasteiger partial charge >= 0.3 is 0 Å². The van der Waals surface area contributed by atoms with E-state index < -0.39 is 10.0 Å². The summed E-state index contributed by atoms with van der Waals surface area (Å²) in [5, 5.41) is 4.11. The smallest absolute Gasteiger partial charge is 0.243 e. The molecule has 2 heterocycles. The SMILES string of the molecule is COc1ccc(-c2noc([C@H]3CCCN(S(=O)(=O)c4ccc(C)c(C)c4)C3)n2)cc1OC. The molecule has 1 aliphatic heterocycles. The third kappa shape index (κ3) is 4.22. The third-order valence-corrected chi connectivity index (χ3v) is 7.79. The van der Waals surface area contributed by atoms with Gasteiger partial charge in [-0.05, 0) is 68.1 Å². The van der Waals surface area contributed by atoms with Crippen LogP contribution in [-0.2, 0) is 10.0 Å². The van der Waals surface area contributed by atoms with Crippen molar-refractivity contribution < 1.29 is 22.4 Å². The van der Waals surface area contributed by atoms with Crippen LogP contribution in [0, 0.1) is 13.8 Å². The van der Waals surface area contributed by atoms with E-state index in [0.29, 0.717) is 41.2 Å². The molecule has 0 N–H and O–H groups in total. The second-order valence-electron chi connectivity index (χ2n) is 7.97. The zero-order valence-electron chi connectivity index (χ0n) is 18.7. The van der Waals surface area contributed by atoms with Gasteiger partial charge in [-0.2, -0.15) is 9.29 Å². The van der Waals surface area contributed by atoms with Crippen LogP contribution in [0.2, 0.25) is 0 Å². The molecule has 1 atom stereocenters. The third-order valence-electron chi connectivity index (χ3n) is 5.93. The maximum absolute atomic E-state index is 13.2. The average Bonchev–Trinajstić information content (AvgIpc) is 3.31. The van der Waals surface area contributed by atoms with E-state index in [1.54, 1.807) is 38.5 Å². The molecule has 0 saturated carbocycles. The Morgan fingerprint density at radius 2 is 1.81 bits per heavy atom. The average molecular weight is 458 g/mol. The molecular weight excluding hydrogens is 430 g/mol. The maximum Gasteiger partial charge on any atom is 0.243 e. The fourth-order valence-corrected chi connectivity index (χ4v) is 5.49. The molecule has 1 aliphatic rings. The number of nitrogens with zero attached hydrogens (tertiary/aromatic N) is 3. The number of rotatable bonds is 6. The molecule has 32 heavy (non-hydrogen) atoms. The number of piperidine rings is 1. The van der Waals surface area contributed by atoms with Crippen LogP contribution in [-0.4, -0.2) is 50.2 Å². The van der Waals surface area contributed by atoms with E-state index in [-0.39, 0.29) is 5.92 Å². The highest BCUT2D eigenvalue weighted by molar-refractivity contribution is 7.89. The van der Waals surface area contributed by atoms with Crippen LogP contribution in [0.5, 0.6) is 11.5 Å². The first kappa shape index (κ1) is 22.3. The molecule has 8 nitrogen and oxygen atoms in total.